The van der Waals surface area contributed by atoms with Gasteiger partial charge in [0.1, 0.15) is 11.0 Å². The van der Waals surface area contributed by atoms with E-state index in [1.54, 1.807) is 0 Å². The fourth-order valence-corrected chi connectivity index (χ4v) is 1.56. The van der Waals surface area contributed by atoms with Gasteiger partial charge in [0.15, 0.2) is 0 Å². The van der Waals surface area contributed by atoms with Crippen molar-refractivity contribution in [3.05, 3.63) is 22.7 Å². The van der Waals surface area contributed by atoms with Crippen molar-refractivity contribution < 1.29 is 0 Å². The van der Waals surface area contributed by atoms with Crippen molar-refractivity contribution in [1.82, 2.24) is 9.97 Å². The van der Waals surface area contributed by atoms with Crippen molar-refractivity contribution in [2.75, 3.05) is 0 Å². The Morgan fingerprint density at radius 1 is 1.14 bits per heavy atom. The van der Waals surface area contributed by atoms with E-state index in [0.717, 1.165) is 30.8 Å². The lowest BCUT2D eigenvalue weighted by molar-refractivity contribution is 0.750. The minimum absolute atomic E-state index is 0.578. The maximum atomic E-state index is 5.91. The number of halogens is 1. The highest BCUT2D eigenvalue weighted by atomic mass is 35.5. The Morgan fingerprint density at radius 3 is 2.57 bits per heavy atom. The third kappa shape index (κ3) is 3.62. The van der Waals surface area contributed by atoms with Crippen LogP contribution < -0.4 is 0 Å². The molecule has 1 aromatic heterocycles. The number of unbranched alkanes of at least 4 members (excludes halogenated alkanes) is 1. The zero-order valence-electron chi connectivity index (χ0n) is 8.89. The third-order valence-electron chi connectivity index (χ3n) is 2.05. The summed E-state index contributed by atoms with van der Waals surface area (Å²) in [4.78, 5) is 8.65. The normalized spacial score (nSPS) is 10.5. The van der Waals surface area contributed by atoms with Crippen LogP contribution in [0.4, 0.5) is 0 Å². The van der Waals surface area contributed by atoms with Crippen LogP contribution in [0.3, 0.4) is 0 Å². The molecule has 0 N–H and O–H groups in total. The molecule has 1 aromatic rings. The van der Waals surface area contributed by atoms with Gasteiger partial charge in [-0.15, -0.1) is 0 Å². The smallest absolute Gasteiger partial charge is 0.133 e. The second kappa shape index (κ2) is 5.97. The van der Waals surface area contributed by atoms with Gasteiger partial charge in [-0.05, 0) is 25.3 Å². The lowest BCUT2D eigenvalue weighted by atomic mass is 10.2. The molecule has 14 heavy (non-hydrogen) atoms. The van der Waals surface area contributed by atoms with E-state index < -0.39 is 0 Å². The van der Waals surface area contributed by atoms with Gasteiger partial charge in [0, 0.05) is 12.1 Å². The third-order valence-corrected chi connectivity index (χ3v) is 2.25. The first-order valence-corrected chi connectivity index (χ1v) is 5.66. The molecule has 0 atom stereocenters. The molecule has 3 heteroatoms. The van der Waals surface area contributed by atoms with Gasteiger partial charge in [-0.3, -0.25) is 0 Å². The Labute approximate surface area is 90.7 Å². The van der Waals surface area contributed by atoms with Crippen LogP contribution in [0.1, 0.15) is 44.6 Å². The lowest BCUT2D eigenvalue weighted by Crippen LogP contribution is -1.99. The first kappa shape index (κ1) is 11.4. The second-order valence-electron chi connectivity index (χ2n) is 3.45. The summed E-state index contributed by atoms with van der Waals surface area (Å²) in [6.45, 7) is 4.30. The Hall–Kier alpha value is -0.630. The van der Waals surface area contributed by atoms with Gasteiger partial charge in [0.25, 0.3) is 0 Å². The molecule has 0 radical (unpaired) electrons. The molecule has 0 aromatic carbocycles. The van der Waals surface area contributed by atoms with Gasteiger partial charge in [0.2, 0.25) is 0 Å². The summed E-state index contributed by atoms with van der Waals surface area (Å²) in [7, 11) is 0. The number of rotatable bonds is 5. The van der Waals surface area contributed by atoms with Crippen molar-refractivity contribution in [1.29, 1.82) is 0 Å². The molecule has 0 bridgehead atoms. The van der Waals surface area contributed by atoms with E-state index in [-0.39, 0.29) is 0 Å². The van der Waals surface area contributed by atoms with Crippen LogP contribution in [-0.4, -0.2) is 9.97 Å². The van der Waals surface area contributed by atoms with Crippen LogP contribution in [0.25, 0.3) is 0 Å². The van der Waals surface area contributed by atoms with Gasteiger partial charge in [-0.2, -0.15) is 0 Å². The molecule has 0 spiro atoms. The quantitative estimate of drug-likeness (QED) is 0.699. The summed E-state index contributed by atoms with van der Waals surface area (Å²) in [6, 6.07) is 1.87. The minimum Gasteiger partial charge on any atom is -0.238 e. The molecule has 1 rings (SSSR count). The molecule has 0 aliphatic heterocycles. The van der Waals surface area contributed by atoms with Crippen LogP contribution in [-0.2, 0) is 12.8 Å². The molecule has 0 saturated carbocycles. The van der Waals surface area contributed by atoms with E-state index in [2.05, 4.69) is 23.8 Å². The van der Waals surface area contributed by atoms with Crippen molar-refractivity contribution in [3.8, 4) is 0 Å². The predicted octanol–water partition coefficient (Wildman–Crippen LogP) is 3.43. The summed E-state index contributed by atoms with van der Waals surface area (Å²) < 4.78 is 0. The van der Waals surface area contributed by atoms with Crippen LogP contribution in [0.15, 0.2) is 6.07 Å². The predicted molar refractivity (Wildman–Crippen MR) is 59.6 cm³/mol. The fourth-order valence-electron chi connectivity index (χ4n) is 1.34. The van der Waals surface area contributed by atoms with E-state index in [9.17, 15) is 0 Å². The second-order valence-corrected chi connectivity index (χ2v) is 3.84. The monoisotopic (exact) mass is 212 g/mol. The first-order valence-electron chi connectivity index (χ1n) is 5.28. The number of hydrogen-bond acceptors (Lipinski definition) is 2. The van der Waals surface area contributed by atoms with E-state index >= 15 is 0 Å². The first-order chi connectivity index (χ1) is 6.76. The van der Waals surface area contributed by atoms with E-state index in [1.807, 2.05) is 6.07 Å². The molecule has 2 nitrogen and oxygen atoms in total. The van der Waals surface area contributed by atoms with E-state index in [0.29, 0.717) is 5.15 Å². The number of aromatic nitrogens is 2. The zero-order chi connectivity index (χ0) is 10.4. The lowest BCUT2D eigenvalue weighted by Gasteiger charge is -2.03. The molecule has 1 heterocycles. The van der Waals surface area contributed by atoms with E-state index in [4.69, 9.17) is 11.6 Å². The average Bonchev–Trinajstić information content (AvgIpc) is 2.14. The van der Waals surface area contributed by atoms with Crippen LogP contribution >= 0.6 is 11.6 Å². The van der Waals surface area contributed by atoms with Gasteiger partial charge >= 0.3 is 0 Å². The average molecular weight is 213 g/mol. The highest BCUT2D eigenvalue weighted by Crippen LogP contribution is 2.10. The number of aryl methyl sites for hydroxylation is 2. The van der Waals surface area contributed by atoms with Crippen molar-refractivity contribution in [3.63, 3.8) is 0 Å². The van der Waals surface area contributed by atoms with Crippen molar-refractivity contribution in [2.45, 2.75) is 46.0 Å². The number of nitrogens with zero attached hydrogens (tertiary/aromatic N) is 2. The largest absolute Gasteiger partial charge is 0.238 e. The molecule has 0 unspecified atom stereocenters. The maximum Gasteiger partial charge on any atom is 0.133 e. The number of hydrogen-bond donors (Lipinski definition) is 0. The molecule has 78 valence electrons. The molecule has 0 saturated heterocycles. The van der Waals surface area contributed by atoms with Gasteiger partial charge < -0.3 is 0 Å². The van der Waals surface area contributed by atoms with Gasteiger partial charge in [-0.1, -0.05) is 31.9 Å². The highest BCUT2D eigenvalue weighted by molar-refractivity contribution is 6.29. The Morgan fingerprint density at radius 2 is 1.93 bits per heavy atom. The zero-order valence-corrected chi connectivity index (χ0v) is 9.64. The van der Waals surface area contributed by atoms with Crippen molar-refractivity contribution in [2.24, 2.45) is 0 Å². The molecule has 0 aliphatic carbocycles. The topological polar surface area (TPSA) is 25.8 Å². The molecular formula is C11H17ClN2. The highest BCUT2D eigenvalue weighted by Gasteiger charge is 2.02. The standard InChI is InChI=1S/C11H17ClN2/c1-3-5-7-9-8-10(12)14-11(13-9)6-4-2/h8H,3-7H2,1-2H3. The summed E-state index contributed by atoms with van der Waals surface area (Å²) >= 11 is 5.91. The Bertz CT molecular complexity index is 287. The molecule has 0 fully saturated rings. The Balaban J connectivity index is 2.73. The van der Waals surface area contributed by atoms with Gasteiger partial charge in [0.05, 0.1) is 0 Å². The van der Waals surface area contributed by atoms with Crippen LogP contribution in [0.5, 0.6) is 0 Å². The van der Waals surface area contributed by atoms with Gasteiger partial charge in [-0.25, -0.2) is 9.97 Å². The fraction of sp³-hybridized carbons (Fsp3) is 0.636. The molecular weight excluding hydrogens is 196 g/mol. The van der Waals surface area contributed by atoms with Crippen molar-refractivity contribution >= 4 is 11.6 Å². The maximum absolute atomic E-state index is 5.91. The summed E-state index contributed by atoms with van der Waals surface area (Å²) in [6.07, 6.45) is 5.34. The summed E-state index contributed by atoms with van der Waals surface area (Å²) in [5, 5.41) is 0.578. The summed E-state index contributed by atoms with van der Waals surface area (Å²) in [5.74, 6) is 0.881. The van der Waals surface area contributed by atoms with E-state index in [1.165, 1.54) is 12.8 Å². The molecule has 0 amide bonds. The summed E-state index contributed by atoms with van der Waals surface area (Å²) in [5.41, 5.74) is 1.08. The van der Waals surface area contributed by atoms with Crippen LogP contribution in [0.2, 0.25) is 5.15 Å². The minimum atomic E-state index is 0.578. The van der Waals surface area contributed by atoms with Crippen LogP contribution in [0, 0.1) is 0 Å². The SMILES string of the molecule is CCCCc1cc(Cl)nc(CCC)n1. The molecule has 0 aliphatic rings. The Kier molecular flexibility index (Phi) is 4.88.